The van der Waals surface area contributed by atoms with Gasteiger partial charge < -0.3 is 0 Å². The van der Waals surface area contributed by atoms with Crippen molar-refractivity contribution in [1.82, 2.24) is 0 Å². The third kappa shape index (κ3) is 4.61. The number of benzene rings is 1. The molecule has 116 valence electrons. The number of nitriles is 2. The van der Waals surface area contributed by atoms with Crippen LogP contribution in [0.2, 0.25) is 5.02 Å². The van der Waals surface area contributed by atoms with E-state index in [-0.39, 0.29) is 17.0 Å². The van der Waals surface area contributed by atoms with Gasteiger partial charge in [-0.25, -0.2) is 0 Å². The van der Waals surface area contributed by atoms with E-state index in [1.165, 1.54) is 12.1 Å². The molecule has 22 heavy (non-hydrogen) atoms. The predicted molar refractivity (Wildman–Crippen MR) is 70.8 cm³/mol. The summed E-state index contributed by atoms with van der Waals surface area (Å²) in [6, 6.07) is 6.77. The molecule has 0 spiro atoms. The highest BCUT2D eigenvalue weighted by atomic mass is 35.5. The van der Waals surface area contributed by atoms with Crippen molar-refractivity contribution < 1.29 is 18.1 Å². The molecule has 1 aromatic carbocycles. The average molecular weight is 332 g/mol. The summed E-state index contributed by atoms with van der Waals surface area (Å²) >= 11 is 5.63. The molecule has 0 aliphatic rings. The lowest BCUT2D eigenvalue weighted by atomic mass is 9.80. The van der Waals surface area contributed by atoms with Crippen LogP contribution in [-0.4, -0.2) is 11.1 Å². The molecule has 1 rings (SSSR count). The largest absolute Gasteiger partial charge is 0.389 e. The minimum absolute atomic E-state index is 0.136. The maximum absolute atomic E-state index is 12.3. The topological polar surface area (TPSA) is 90.7 Å². The molecule has 5 nitrogen and oxygen atoms in total. The summed E-state index contributed by atoms with van der Waals surface area (Å²) in [4.78, 5) is 10.0. The van der Waals surface area contributed by atoms with E-state index >= 15 is 0 Å². The predicted octanol–water partition coefficient (Wildman–Crippen LogP) is 4.17. The van der Waals surface area contributed by atoms with Crippen LogP contribution in [0.1, 0.15) is 18.4 Å². The smallest absolute Gasteiger partial charge is 0.258 e. The van der Waals surface area contributed by atoms with Gasteiger partial charge in [0.15, 0.2) is 0 Å². The van der Waals surface area contributed by atoms with E-state index in [2.05, 4.69) is 0 Å². The molecule has 0 aliphatic carbocycles. The van der Waals surface area contributed by atoms with Crippen LogP contribution >= 0.6 is 11.6 Å². The monoisotopic (exact) mass is 331 g/mol. The number of hydrogen-bond donors (Lipinski definition) is 0. The van der Waals surface area contributed by atoms with Gasteiger partial charge in [-0.3, -0.25) is 10.1 Å². The molecule has 0 heterocycles. The SMILES string of the molecule is N#CC(C#N)(CCC(F)(F)F)Cc1ccc(Cl)c([N+](=O)[O-])c1. The van der Waals surface area contributed by atoms with E-state index in [4.69, 9.17) is 22.1 Å². The molecule has 0 amide bonds. The number of nitro groups is 1. The maximum atomic E-state index is 12.3. The van der Waals surface area contributed by atoms with Crippen molar-refractivity contribution in [1.29, 1.82) is 10.5 Å². The van der Waals surface area contributed by atoms with Crippen LogP contribution in [0.4, 0.5) is 18.9 Å². The van der Waals surface area contributed by atoms with Crippen molar-refractivity contribution in [3.8, 4) is 12.1 Å². The second-order valence-electron chi connectivity index (χ2n) is 4.64. The van der Waals surface area contributed by atoms with Gasteiger partial charge in [-0.2, -0.15) is 23.7 Å². The number of alkyl halides is 3. The Bertz CT molecular complexity index is 648. The van der Waals surface area contributed by atoms with Crippen molar-refractivity contribution in [2.45, 2.75) is 25.4 Å². The highest BCUT2D eigenvalue weighted by molar-refractivity contribution is 6.32. The van der Waals surface area contributed by atoms with Gasteiger partial charge in [-0.15, -0.1) is 0 Å². The Morgan fingerprint density at radius 2 is 1.82 bits per heavy atom. The Kier molecular flexibility index (Phi) is 5.34. The van der Waals surface area contributed by atoms with E-state index in [9.17, 15) is 23.3 Å². The second-order valence-corrected chi connectivity index (χ2v) is 5.05. The van der Waals surface area contributed by atoms with Crippen molar-refractivity contribution in [3.05, 3.63) is 38.9 Å². The van der Waals surface area contributed by atoms with Gasteiger partial charge in [0.05, 0.1) is 17.1 Å². The highest BCUT2D eigenvalue weighted by Crippen LogP contribution is 2.34. The molecule has 0 atom stereocenters. The van der Waals surface area contributed by atoms with Gasteiger partial charge in [0.25, 0.3) is 5.69 Å². The quantitative estimate of drug-likeness (QED) is 0.598. The summed E-state index contributed by atoms with van der Waals surface area (Å²) < 4.78 is 36.9. The minimum atomic E-state index is -4.50. The molecule has 0 saturated heterocycles. The summed E-state index contributed by atoms with van der Waals surface area (Å²) in [7, 11) is 0. The Balaban J connectivity index is 3.07. The molecule has 0 unspecified atom stereocenters. The molecule has 0 radical (unpaired) electrons. The molecule has 0 aliphatic heterocycles. The fourth-order valence-corrected chi connectivity index (χ4v) is 2.00. The number of nitrogens with zero attached hydrogens (tertiary/aromatic N) is 3. The first-order chi connectivity index (χ1) is 10.1. The first-order valence-electron chi connectivity index (χ1n) is 5.94. The summed E-state index contributed by atoms with van der Waals surface area (Å²) in [5.74, 6) is 0. The number of hydrogen-bond acceptors (Lipinski definition) is 4. The van der Waals surface area contributed by atoms with Crippen molar-refractivity contribution in [2.24, 2.45) is 5.41 Å². The Labute approximate surface area is 128 Å². The Hall–Kier alpha value is -2.32. The van der Waals surface area contributed by atoms with E-state index < -0.39 is 35.0 Å². The third-order valence-corrected chi connectivity index (χ3v) is 3.30. The molecule has 0 fully saturated rings. The Morgan fingerprint density at radius 3 is 2.27 bits per heavy atom. The molecule has 9 heteroatoms. The van der Waals surface area contributed by atoms with Gasteiger partial charge in [0, 0.05) is 18.9 Å². The standard InChI is InChI=1S/C13H9ClF3N3O2/c14-10-2-1-9(5-11(10)20(21)22)6-12(7-18,8-19)3-4-13(15,16)17/h1-2,5H,3-4,6H2. The van der Waals surface area contributed by atoms with Crippen LogP contribution in [0.3, 0.4) is 0 Å². The van der Waals surface area contributed by atoms with Crippen molar-refractivity contribution in [3.63, 3.8) is 0 Å². The fraction of sp³-hybridized carbons (Fsp3) is 0.385. The van der Waals surface area contributed by atoms with E-state index in [0.29, 0.717) is 0 Å². The number of nitro benzene ring substituents is 1. The van der Waals surface area contributed by atoms with Gasteiger partial charge in [0.2, 0.25) is 0 Å². The normalized spacial score (nSPS) is 11.5. The zero-order valence-electron chi connectivity index (χ0n) is 11.0. The van der Waals surface area contributed by atoms with Gasteiger partial charge in [0.1, 0.15) is 10.4 Å². The molecule has 0 saturated carbocycles. The highest BCUT2D eigenvalue weighted by Gasteiger charge is 2.37. The fourth-order valence-electron chi connectivity index (χ4n) is 1.82. The molecule has 0 N–H and O–H groups in total. The van der Waals surface area contributed by atoms with Crippen molar-refractivity contribution in [2.75, 3.05) is 0 Å². The lowest BCUT2D eigenvalue weighted by molar-refractivity contribution is -0.384. The summed E-state index contributed by atoms with van der Waals surface area (Å²) in [6.07, 6.45) is -6.84. The zero-order chi connectivity index (χ0) is 17.0. The molecule has 0 bridgehead atoms. The van der Waals surface area contributed by atoms with E-state index in [1.807, 2.05) is 0 Å². The lowest BCUT2D eigenvalue weighted by Gasteiger charge is -2.19. The molecular weight excluding hydrogens is 323 g/mol. The summed E-state index contributed by atoms with van der Waals surface area (Å²) in [5.41, 5.74) is -2.14. The zero-order valence-corrected chi connectivity index (χ0v) is 11.8. The van der Waals surface area contributed by atoms with Gasteiger partial charge in [-0.1, -0.05) is 17.7 Å². The number of rotatable bonds is 5. The van der Waals surface area contributed by atoms with Crippen LogP contribution < -0.4 is 0 Å². The number of halogens is 4. The summed E-state index contributed by atoms with van der Waals surface area (Å²) in [5, 5.41) is 28.8. The van der Waals surface area contributed by atoms with Gasteiger partial charge in [-0.05, 0) is 18.1 Å². The van der Waals surface area contributed by atoms with Crippen molar-refractivity contribution >= 4 is 17.3 Å². The maximum Gasteiger partial charge on any atom is 0.389 e. The molecule has 1 aromatic rings. The van der Waals surface area contributed by atoms with Crippen LogP contribution in [0, 0.1) is 38.2 Å². The second kappa shape index (κ2) is 6.63. The molecular formula is C13H9ClF3N3O2. The summed E-state index contributed by atoms with van der Waals surface area (Å²) in [6.45, 7) is 0. The first-order valence-corrected chi connectivity index (χ1v) is 6.32. The minimum Gasteiger partial charge on any atom is -0.258 e. The van der Waals surface area contributed by atoms with E-state index in [0.717, 1.165) is 6.07 Å². The van der Waals surface area contributed by atoms with Crippen LogP contribution in [-0.2, 0) is 6.42 Å². The van der Waals surface area contributed by atoms with Crippen LogP contribution in [0.5, 0.6) is 0 Å². The molecule has 0 aromatic heterocycles. The lowest BCUT2D eigenvalue weighted by Crippen LogP contribution is -2.23. The first kappa shape index (κ1) is 17.7. The average Bonchev–Trinajstić information content (AvgIpc) is 2.44. The van der Waals surface area contributed by atoms with E-state index in [1.54, 1.807) is 12.1 Å². The van der Waals surface area contributed by atoms with Gasteiger partial charge >= 0.3 is 6.18 Å². The Morgan fingerprint density at radius 1 is 1.23 bits per heavy atom. The third-order valence-electron chi connectivity index (χ3n) is 2.98. The van der Waals surface area contributed by atoms with Crippen LogP contribution in [0.25, 0.3) is 0 Å². The van der Waals surface area contributed by atoms with Crippen LogP contribution in [0.15, 0.2) is 18.2 Å².